The number of pyridine rings is 1. The molecule has 0 saturated heterocycles. The molecule has 1 aliphatic heterocycles. The summed E-state index contributed by atoms with van der Waals surface area (Å²) in [6, 6.07) is 13.7. The first-order valence-corrected chi connectivity index (χ1v) is 12.1. The zero-order valence-electron chi connectivity index (χ0n) is 18.2. The number of fused-ring (bicyclic) bond motifs is 2. The highest BCUT2D eigenvalue weighted by atomic mass is 32.3. The topological polar surface area (TPSA) is 119 Å². The predicted molar refractivity (Wildman–Crippen MR) is 130 cm³/mol. The lowest BCUT2D eigenvalue weighted by Gasteiger charge is -2.34. The zero-order chi connectivity index (χ0) is 23.0. The number of benzene rings is 2. The summed E-state index contributed by atoms with van der Waals surface area (Å²) < 4.78 is 26.7. The SMILES string of the molecule is CCCC(Nn1c(=O)c(C2=NS(O)(O)c3ccccc3N2)c(O)c2ccccc21)C(C)C. The number of para-hydroxylation sites is 2. The normalized spacial score (nSPS) is 16.8. The van der Waals surface area contributed by atoms with Gasteiger partial charge in [0.05, 0.1) is 11.2 Å². The summed E-state index contributed by atoms with van der Waals surface area (Å²) >= 11 is 0. The number of hydrogen-bond acceptors (Lipinski definition) is 7. The van der Waals surface area contributed by atoms with Gasteiger partial charge in [-0.3, -0.25) is 13.9 Å². The van der Waals surface area contributed by atoms with Crippen LogP contribution in [0.2, 0.25) is 0 Å². The Labute approximate surface area is 188 Å². The van der Waals surface area contributed by atoms with E-state index in [1.807, 2.05) is 0 Å². The van der Waals surface area contributed by atoms with Gasteiger partial charge in [0.15, 0.2) is 5.84 Å². The number of nitrogens with zero attached hydrogens (tertiary/aromatic N) is 2. The molecular formula is C23H28N4O4S. The van der Waals surface area contributed by atoms with Crippen molar-refractivity contribution in [3.63, 3.8) is 0 Å². The maximum absolute atomic E-state index is 13.7. The van der Waals surface area contributed by atoms with E-state index >= 15 is 0 Å². The monoisotopic (exact) mass is 456 g/mol. The van der Waals surface area contributed by atoms with Crippen LogP contribution in [0.3, 0.4) is 0 Å². The van der Waals surface area contributed by atoms with Gasteiger partial charge in [-0.15, -0.1) is 4.40 Å². The van der Waals surface area contributed by atoms with Crippen LogP contribution < -0.4 is 16.3 Å². The van der Waals surface area contributed by atoms with Gasteiger partial charge in [0.2, 0.25) is 0 Å². The fraction of sp³-hybridized carbons (Fsp3) is 0.304. The minimum absolute atomic E-state index is 0.0286. The molecule has 0 aliphatic carbocycles. The number of aromatic nitrogens is 1. The molecular weight excluding hydrogens is 428 g/mol. The van der Waals surface area contributed by atoms with E-state index < -0.39 is 16.3 Å². The Bertz CT molecular complexity index is 1250. The van der Waals surface area contributed by atoms with Crippen LogP contribution in [0.5, 0.6) is 5.75 Å². The van der Waals surface area contributed by atoms with Crippen molar-refractivity contribution in [3.05, 3.63) is 64.4 Å². The van der Waals surface area contributed by atoms with Crippen molar-refractivity contribution in [1.29, 1.82) is 0 Å². The van der Waals surface area contributed by atoms with Gasteiger partial charge in [0, 0.05) is 11.4 Å². The lowest BCUT2D eigenvalue weighted by atomic mass is 10.0. The largest absolute Gasteiger partial charge is 0.506 e. The maximum atomic E-state index is 13.7. The average molecular weight is 457 g/mol. The van der Waals surface area contributed by atoms with Crippen LogP contribution in [-0.2, 0) is 0 Å². The molecule has 170 valence electrons. The molecule has 5 N–H and O–H groups in total. The molecule has 0 fully saturated rings. The summed E-state index contributed by atoms with van der Waals surface area (Å²) in [5.74, 6) is -0.0768. The van der Waals surface area contributed by atoms with E-state index in [1.165, 1.54) is 4.68 Å². The molecule has 0 saturated carbocycles. The van der Waals surface area contributed by atoms with Crippen molar-refractivity contribution in [3.8, 4) is 5.75 Å². The Morgan fingerprint density at radius 1 is 1.12 bits per heavy atom. The number of hydrogen-bond donors (Lipinski definition) is 5. The fourth-order valence-electron chi connectivity index (χ4n) is 3.94. The molecule has 1 aromatic heterocycles. The van der Waals surface area contributed by atoms with Crippen molar-refractivity contribution in [2.24, 2.45) is 10.3 Å². The second-order valence-corrected chi connectivity index (χ2v) is 9.89. The molecule has 1 atom stereocenters. The quantitative estimate of drug-likeness (QED) is 0.357. The minimum Gasteiger partial charge on any atom is -0.506 e. The average Bonchev–Trinajstić information content (AvgIpc) is 2.75. The van der Waals surface area contributed by atoms with Gasteiger partial charge in [-0.05, 0) is 36.6 Å². The van der Waals surface area contributed by atoms with E-state index in [0.29, 0.717) is 16.6 Å². The van der Waals surface area contributed by atoms with Crippen LogP contribution in [0, 0.1) is 5.92 Å². The molecule has 32 heavy (non-hydrogen) atoms. The Morgan fingerprint density at radius 3 is 2.53 bits per heavy atom. The van der Waals surface area contributed by atoms with Gasteiger partial charge in [-0.25, -0.2) is 4.68 Å². The molecule has 1 aliphatic rings. The lowest BCUT2D eigenvalue weighted by molar-refractivity contribution is 0.451. The van der Waals surface area contributed by atoms with Crippen molar-refractivity contribution in [1.82, 2.24) is 4.68 Å². The first-order chi connectivity index (χ1) is 15.2. The molecule has 1 unspecified atom stereocenters. The van der Waals surface area contributed by atoms with Crippen LogP contribution in [0.4, 0.5) is 5.69 Å². The van der Waals surface area contributed by atoms with Gasteiger partial charge in [0.1, 0.15) is 16.2 Å². The van der Waals surface area contributed by atoms with Crippen LogP contribution in [-0.4, -0.2) is 30.8 Å². The van der Waals surface area contributed by atoms with Crippen molar-refractivity contribution in [2.75, 3.05) is 10.7 Å². The van der Waals surface area contributed by atoms with Crippen LogP contribution in [0.1, 0.15) is 39.2 Å². The van der Waals surface area contributed by atoms with E-state index in [4.69, 9.17) is 0 Å². The molecule has 2 aromatic carbocycles. The molecule has 2 heterocycles. The van der Waals surface area contributed by atoms with Crippen LogP contribution in [0.15, 0.2) is 62.6 Å². The molecule has 9 heteroatoms. The first-order valence-electron chi connectivity index (χ1n) is 10.6. The number of anilines is 1. The standard InChI is InChI=1S/C23H28N4O4S/c1-4-9-16(14(2)3)25-27-18-12-7-5-10-15(18)21(28)20(23(27)29)22-24-17-11-6-8-13-19(17)32(30,31)26-22/h5-8,10-14,16,25,28,30-31H,4,9H2,1-3H3,(H,24,26). The molecule has 0 spiro atoms. The Balaban J connectivity index is 1.94. The van der Waals surface area contributed by atoms with E-state index in [9.17, 15) is 19.0 Å². The fourth-order valence-corrected chi connectivity index (χ4v) is 5.10. The number of aromatic hydroxyl groups is 1. The molecule has 8 nitrogen and oxygen atoms in total. The molecule has 0 bridgehead atoms. The summed E-state index contributed by atoms with van der Waals surface area (Å²) in [7, 11) is -3.54. The van der Waals surface area contributed by atoms with Gasteiger partial charge >= 0.3 is 0 Å². The number of nitrogens with one attached hydrogen (secondary N) is 2. The van der Waals surface area contributed by atoms with Gasteiger partial charge in [-0.2, -0.15) is 0 Å². The van der Waals surface area contributed by atoms with E-state index in [1.54, 1.807) is 48.5 Å². The zero-order valence-corrected chi connectivity index (χ0v) is 19.1. The first kappa shape index (κ1) is 22.2. The molecule has 3 aromatic rings. The lowest BCUT2D eigenvalue weighted by Crippen LogP contribution is -2.41. The maximum Gasteiger partial charge on any atom is 0.284 e. The summed E-state index contributed by atoms with van der Waals surface area (Å²) in [5, 5.41) is 14.5. The highest BCUT2D eigenvalue weighted by Crippen LogP contribution is 2.55. The second-order valence-electron chi connectivity index (χ2n) is 8.23. The summed E-state index contributed by atoms with van der Waals surface area (Å²) in [6.07, 6.45) is 1.81. The summed E-state index contributed by atoms with van der Waals surface area (Å²) in [4.78, 5) is 13.9. The Morgan fingerprint density at radius 2 is 1.81 bits per heavy atom. The van der Waals surface area contributed by atoms with E-state index in [0.717, 1.165) is 12.8 Å². The summed E-state index contributed by atoms with van der Waals surface area (Å²) in [5.41, 5.74) is 3.64. The Hall–Kier alpha value is -3.01. The van der Waals surface area contributed by atoms with Crippen molar-refractivity contribution >= 4 is 33.2 Å². The third kappa shape index (κ3) is 3.83. The highest BCUT2D eigenvalue weighted by molar-refractivity contribution is 8.23. The van der Waals surface area contributed by atoms with Gasteiger partial charge in [-0.1, -0.05) is 62.2 Å². The van der Waals surface area contributed by atoms with Gasteiger partial charge < -0.3 is 15.8 Å². The predicted octanol–water partition coefficient (Wildman–Crippen LogP) is 4.97. The highest BCUT2D eigenvalue weighted by Gasteiger charge is 2.30. The third-order valence-electron chi connectivity index (χ3n) is 5.64. The second kappa shape index (κ2) is 8.50. The number of rotatable bonds is 6. The summed E-state index contributed by atoms with van der Waals surface area (Å²) in [6.45, 7) is 6.25. The van der Waals surface area contributed by atoms with E-state index in [2.05, 4.69) is 35.9 Å². The van der Waals surface area contributed by atoms with Gasteiger partial charge in [0.25, 0.3) is 5.56 Å². The van der Waals surface area contributed by atoms with E-state index in [-0.39, 0.29) is 34.0 Å². The van der Waals surface area contributed by atoms with Crippen LogP contribution in [0.25, 0.3) is 10.9 Å². The molecule has 4 rings (SSSR count). The van der Waals surface area contributed by atoms with Crippen molar-refractivity contribution in [2.45, 2.75) is 44.6 Å². The molecule has 0 radical (unpaired) electrons. The minimum atomic E-state index is -3.54. The van der Waals surface area contributed by atoms with Crippen LogP contribution >= 0.6 is 10.8 Å². The molecule has 0 amide bonds. The smallest absolute Gasteiger partial charge is 0.284 e. The van der Waals surface area contributed by atoms with Crippen molar-refractivity contribution < 1.29 is 14.2 Å². The Kier molecular flexibility index (Phi) is 5.89. The number of amidine groups is 1. The third-order valence-corrected chi connectivity index (χ3v) is 7.03.